The molecule has 1 atom stereocenters. The highest BCUT2D eigenvalue weighted by Gasteiger charge is 2.64. The summed E-state index contributed by atoms with van der Waals surface area (Å²) in [5.41, 5.74) is 3.25. The molecular weight excluding hydrogens is 836 g/mol. The van der Waals surface area contributed by atoms with Crippen molar-refractivity contribution in [2.24, 2.45) is 10.8 Å². The number of ether oxygens (including phenoxy) is 1. The van der Waals surface area contributed by atoms with E-state index in [0.29, 0.717) is 39.3 Å². The number of piperazine rings is 1. The first kappa shape index (κ1) is 42.9. The topological polar surface area (TPSA) is 196 Å². The summed E-state index contributed by atoms with van der Waals surface area (Å²) in [6.07, 6.45) is 3.94. The summed E-state index contributed by atoms with van der Waals surface area (Å²) in [6.45, 7) is 14.1. The van der Waals surface area contributed by atoms with Gasteiger partial charge in [0.25, 0.3) is 17.4 Å². The molecule has 64 heavy (non-hydrogen) atoms. The van der Waals surface area contributed by atoms with Crippen LogP contribution in [0.2, 0.25) is 5.02 Å². The molecule has 0 spiro atoms. The molecule has 2 N–H and O–H groups in total. The van der Waals surface area contributed by atoms with Crippen molar-refractivity contribution in [2.75, 3.05) is 49.1 Å². The van der Waals surface area contributed by atoms with Crippen molar-refractivity contribution in [2.45, 2.75) is 84.2 Å². The van der Waals surface area contributed by atoms with Gasteiger partial charge in [-0.1, -0.05) is 49.7 Å². The van der Waals surface area contributed by atoms with Gasteiger partial charge in [0.15, 0.2) is 0 Å². The molecule has 4 fully saturated rings. The standard InChI is InChI=1S/C46H51ClN12O5/c1-45(2)43(46(3,4)44(45)64-34-11-7-29(25-48)36(47)24-34)50-40(61)28-5-8-31(9-6-28)57-21-19-55(20-22-57)26-30-27-58(53-51-30)32-15-17-56(18-16-32)33-10-12-37-35(23-33)42(63)59(54-52-37)38-13-14-39(60)49-41(38)62/h5-12,23-24,27,32,38,43-44H,13-22,26H2,1-4H3,(H,50,61)(H,49,60,62). The van der Waals surface area contributed by atoms with Crippen molar-refractivity contribution in [1.29, 1.82) is 5.26 Å². The maximum Gasteiger partial charge on any atom is 0.278 e. The van der Waals surface area contributed by atoms with Gasteiger partial charge in [0, 0.05) is 92.1 Å². The van der Waals surface area contributed by atoms with Crippen molar-refractivity contribution < 1.29 is 19.1 Å². The number of nitrogens with one attached hydrogen (secondary N) is 2. The second-order valence-corrected chi connectivity index (χ2v) is 18.9. The number of nitriles is 1. The van der Waals surface area contributed by atoms with Crippen LogP contribution in [-0.2, 0) is 16.1 Å². The first-order valence-corrected chi connectivity index (χ1v) is 22.2. The molecule has 3 aliphatic heterocycles. The molecule has 5 aromatic rings. The number of aromatic nitrogens is 6. The molecule has 18 heteroatoms. The first-order chi connectivity index (χ1) is 30.7. The number of halogens is 1. The van der Waals surface area contributed by atoms with Gasteiger partial charge in [0.1, 0.15) is 29.5 Å². The van der Waals surface area contributed by atoms with Gasteiger partial charge in [-0.15, -0.1) is 10.2 Å². The Bertz CT molecular complexity index is 2700. The third-order valence-electron chi connectivity index (χ3n) is 13.6. The van der Waals surface area contributed by atoms with Crippen LogP contribution in [0.15, 0.2) is 71.7 Å². The van der Waals surface area contributed by atoms with E-state index in [0.717, 1.165) is 73.9 Å². The highest BCUT2D eigenvalue weighted by atomic mass is 35.5. The predicted octanol–water partition coefficient (Wildman–Crippen LogP) is 4.66. The van der Waals surface area contributed by atoms with E-state index in [2.05, 4.69) is 85.9 Å². The summed E-state index contributed by atoms with van der Waals surface area (Å²) >= 11 is 6.26. The van der Waals surface area contributed by atoms with Crippen LogP contribution in [0.5, 0.6) is 5.75 Å². The van der Waals surface area contributed by atoms with Crippen LogP contribution in [0.1, 0.15) is 87.1 Å². The molecule has 3 aromatic carbocycles. The Balaban J connectivity index is 0.740. The Labute approximate surface area is 375 Å². The number of benzene rings is 3. The molecule has 3 amide bonds. The van der Waals surface area contributed by atoms with E-state index in [-0.39, 0.29) is 53.7 Å². The van der Waals surface area contributed by atoms with Gasteiger partial charge in [-0.25, -0.2) is 4.68 Å². The van der Waals surface area contributed by atoms with Crippen LogP contribution in [0.25, 0.3) is 10.9 Å². The fraction of sp³-hybridized carbons (Fsp3) is 0.457. The highest BCUT2D eigenvalue weighted by Crippen LogP contribution is 2.55. The van der Waals surface area contributed by atoms with Crippen molar-refractivity contribution in [3.05, 3.63) is 99.1 Å². The van der Waals surface area contributed by atoms with Crippen molar-refractivity contribution >= 4 is 51.6 Å². The summed E-state index contributed by atoms with van der Waals surface area (Å²) < 4.78 is 9.47. The number of piperidine rings is 2. The number of nitrogens with zero attached hydrogens (tertiary/aromatic N) is 10. The third kappa shape index (κ3) is 8.16. The molecule has 5 heterocycles. The molecule has 4 aliphatic rings. The normalized spacial score (nSPS) is 22.4. The van der Waals surface area contributed by atoms with E-state index in [4.69, 9.17) is 16.3 Å². The molecule has 1 saturated carbocycles. The van der Waals surface area contributed by atoms with Gasteiger partial charge in [-0.2, -0.15) is 9.94 Å². The quantitative estimate of drug-likeness (QED) is 0.184. The van der Waals surface area contributed by atoms with Crippen molar-refractivity contribution in [3.63, 3.8) is 0 Å². The first-order valence-electron chi connectivity index (χ1n) is 21.8. The average Bonchev–Trinajstić information content (AvgIpc) is 3.76. The Morgan fingerprint density at radius 1 is 0.875 bits per heavy atom. The second-order valence-electron chi connectivity index (χ2n) is 18.5. The summed E-state index contributed by atoms with van der Waals surface area (Å²) in [4.78, 5) is 58.0. The number of carbonyl (C=O) groups is 3. The SMILES string of the molecule is CC1(C)C(NC(=O)c2ccc(N3CCN(Cc4cn(C5CCN(c6ccc7nnn(C8CCC(=O)NC8=O)c(=O)c7c6)CC5)nn4)CC3)cc2)C(C)(C)C1Oc1ccc(C#N)c(Cl)c1. The van der Waals surface area contributed by atoms with E-state index in [9.17, 15) is 24.4 Å². The van der Waals surface area contributed by atoms with Gasteiger partial charge in [0.2, 0.25) is 5.91 Å². The van der Waals surface area contributed by atoms with Crippen molar-refractivity contribution in [1.82, 2.24) is 45.5 Å². The number of anilines is 2. The Morgan fingerprint density at radius 2 is 1.58 bits per heavy atom. The van der Waals surface area contributed by atoms with Crippen LogP contribution in [0.4, 0.5) is 11.4 Å². The zero-order valence-corrected chi connectivity index (χ0v) is 37.1. The van der Waals surface area contributed by atoms with Crippen LogP contribution in [0, 0.1) is 22.2 Å². The lowest BCUT2D eigenvalue weighted by Gasteiger charge is -2.63. The molecule has 332 valence electrons. The van der Waals surface area contributed by atoms with Gasteiger partial charge in [-0.05, 0) is 73.9 Å². The highest BCUT2D eigenvalue weighted by molar-refractivity contribution is 6.31. The Morgan fingerprint density at radius 3 is 2.27 bits per heavy atom. The molecule has 17 nitrogen and oxygen atoms in total. The lowest BCUT2D eigenvalue weighted by Crippen LogP contribution is -2.74. The van der Waals surface area contributed by atoms with E-state index < -0.39 is 17.5 Å². The second kappa shape index (κ2) is 17.0. The largest absolute Gasteiger partial charge is 0.489 e. The fourth-order valence-electron chi connectivity index (χ4n) is 10.3. The molecule has 9 rings (SSSR count). The number of carbonyl (C=O) groups excluding carboxylic acids is 3. The third-order valence-corrected chi connectivity index (χ3v) is 13.9. The molecular formula is C46H51ClN12O5. The number of hydrogen-bond acceptors (Lipinski definition) is 13. The van der Waals surface area contributed by atoms with Crippen LogP contribution in [-0.4, -0.2) is 104 Å². The summed E-state index contributed by atoms with van der Waals surface area (Å²) in [7, 11) is 0. The van der Waals surface area contributed by atoms with Gasteiger partial charge in [-0.3, -0.25) is 29.4 Å². The van der Waals surface area contributed by atoms with E-state index in [1.807, 2.05) is 41.1 Å². The van der Waals surface area contributed by atoms with Crippen LogP contribution in [0.3, 0.4) is 0 Å². The molecule has 0 radical (unpaired) electrons. The molecule has 1 unspecified atom stereocenters. The van der Waals surface area contributed by atoms with E-state index in [1.165, 1.54) is 0 Å². The smallest absolute Gasteiger partial charge is 0.278 e. The monoisotopic (exact) mass is 886 g/mol. The van der Waals surface area contributed by atoms with Gasteiger partial charge < -0.3 is 19.9 Å². The van der Waals surface area contributed by atoms with E-state index >= 15 is 0 Å². The summed E-state index contributed by atoms with van der Waals surface area (Å²) in [5.74, 6) is -0.422. The minimum atomic E-state index is -0.869. The number of hydrogen-bond donors (Lipinski definition) is 2. The lowest BCUT2D eigenvalue weighted by atomic mass is 9.49. The van der Waals surface area contributed by atoms with Crippen molar-refractivity contribution in [3.8, 4) is 11.8 Å². The maximum absolute atomic E-state index is 13.5. The fourth-order valence-corrected chi connectivity index (χ4v) is 10.6. The zero-order chi connectivity index (χ0) is 44.9. The number of imide groups is 1. The molecule has 3 saturated heterocycles. The molecule has 0 bridgehead atoms. The summed E-state index contributed by atoms with van der Waals surface area (Å²) in [6, 6.07) is 19.7. The Hall–Kier alpha value is -6.38. The number of amides is 3. The lowest BCUT2D eigenvalue weighted by molar-refractivity contribution is -0.164. The number of fused-ring (bicyclic) bond motifs is 1. The Kier molecular flexibility index (Phi) is 11.4. The van der Waals surface area contributed by atoms with E-state index in [1.54, 1.807) is 24.3 Å². The average molecular weight is 887 g/mol. The zero-order valence-electron chi connectivity index (χ0n) is 36.3. The predicted molar refractivity (Wildman–Crippen MR) is 239 cm³/mol. The minimum Gasteiger partial charge on any atom is -0.489 e. The number of rotatable bonds is 10. The van der Waals surface area contributed by atoms with Gasteiger partial charge in [0.05, 0.1) is 33.9 Å². The van der Waals surface area contributed by atoms with Crippen LogP contribution < -0.4 is 30.7 Å². The minimum absolute atomic E-state index is 0.122. The summed E-state index contributed by atoms with van der Waals surface area (Å²) in [5, 5.41) is 32.8. The maximum atomic E-state index is 13.5. The van der Waals surface area contributed by atoms with Crippen LogP contribution >= 0.6 is 11.6 Å². The van der Waals surface area contributed by atoms with Gasteiger partial charge >= 0.3 is 0 Å². The molecule has 2 aromatic heterocycles. The molecule has 1 aliphatic carbocycles.